The van der Waals surface area contributed by atoms with Gasteiger partial charge in [0.15, 0.2) is 0 Å². The van der Waals surface area contributed by atoms with Crippen LogP contribution in [0.2, 0.25) is 0 Å². The van der Waals surface area contributed by atoms with Crippen molar-refractivity contribution in [2.75, 3.05) is 6.16 Å². The van der Waals surface area contributed by atoms with E-state index in [9.17, 15) is 14.4 Å². The molecular weight excluding hydrogens is 213 g/mol. The molecule has 0 aliphatic carbocycles. The number of carbonyl (C=O) groups excluding carboxylic acids is 3. The first-order chi connectivity index (χ1) is 5.72. The molecule has 0 amide bonds. The Bertz CT molecular complexity index is 204. The van der Waals surface area contributed by atoms with E-state index >= 15 is 0 Å². The standard InChI is InChI=1S/C6H9O3P3/c7-4-2-1-3-10-12-11-6(9)5(4)8/h10-12H,1-3H2. The number of rotatable bonds is 0. The van der Waals surface area contributed by atoms with Gasteiger partial charge in [-0.2, -0.15) is 0 Å². The second-order valence-corrected chi connectivity index (χ2v) is 8.98. The van der Waals surface area contributed by atoms with Gasteiger partial charge in [0.05, 0.1) is 0 Å². The maximum Gasteiger partial charge on any atom is 0.268 e. The second-order valence-electron chi connectivity index (χ2n) is 2.36. The molecule has 0 saturated carbocycles. The largest absolute Gasteiger partial charge is 0.290 e. The van der Waals surface area contributed by atoms with E-state index in [0.717, 1.165) is 20.9 Å². The van der Waals surface area contributed by atoms with Crippen molar-refractivity contribution in [2.24, 2.45) is 0 Å². The maximum atomic E-state index is 11.0. The van der Waals surface area contributed by atoms with Crippen LogP contribution in [0.1, 0.15) is 12.8 Å². The summed E-state index contributed by atoms with van der Waals surface area (Å²) in [5.41, 5.74) is -0.451. The highest BCUT2D eigenvalue weighted by molar-refractivity contribution is 8.47. The van der Waals surface area contributed by atoms with E-state index in [-0.39, 0.29) is 14.7 Å². The topological polar surface area (TPSA) is 51.2 Å². The fourth-order valence-electron chi connectivity index (χ4n) is 0.798. The molecule has 66 valence electrons. The Kier molecular flexibility index (Phi) is 4.43. The first kappa shape index (κ1) is 10.4. The summed E-state index contributed by atoms with van der Waals surface area (Å²) in [5, 5.41) is 0. The predicted octanol–water partition coefficient (Wildman–Crippen LogP) is 1.31. The van der Waals surface area contributed by atoms with Gasteiger partial charge in [0.25, 0.3) is 5.78 Å². The monoisotopic (exact) mass is 222 g/mol. The number of hydrogen-bond donors (Lipinski definition) is 0. The lowest BCUT2D eigenvalue weighted by Gasteiger charge is -1.93. The Labute approximate surface area is 75.6 Å². The van der Waals surface area contributed by atoms with Crippen LogP contribution in [0.3, 0.4) is 0 Å². The van der Waals surface area contributed by atoms with Gasteiger partial charge in [0.1, 0.15) is 0 Å². The molecule has 1 fully saturated rings. The van der Waals surface area contributed by atoms with Crippen molar-refractivity contribution in [3.8, 4) is 0 Å². The molecule has 0 radical (unpaired) electrons. The molecule has 0 aromatic heterocycles. The third-order valence-corrected chi connectivity index (χ3v) is 7.84. The summed E-state index contributed by atoms with van der Waals surface area (Å²) in [4.78, 5) is 32.9. The summed E-state index contributed by atoms with van der Waals surface area (Å²) in [7, 11) is 1.40. The molecule has 0 aromatic rings. The van der Waals surface area contributed by atoms with Crippen molar-refractivity contribution >= 4 is 41.6 Å². The normalized spacial score (nSPS) is 27.5. The molecule has 12 heavy (non-hydrogen) atoms. The molecule has 6 heteroatoms. The van der Waals surface area contributed by atoms with Crippen LogP contribution in [0.15, 0.2) is 0 Å². The van der Waals surface area contributed by atoms with Crippen LogP contribution in [-0.2, 0) is 14.4 Å². The summed E-state index contributed by atoms with van der Waals surface area (Å²) in [5.74, 6) is -1.24. The van der Waals surface area contributed by atoms with Crippen molar-refractivity contribution < 1.29 is 14.4 Å². The maximum absolute atomic E-state index is 11.0. The van der Waals surface area contributed by atoms with Gasteiger partial charge >= 0.3 is 0 Å². The molecule has 0 spiro atoms. The number of hydrogen-bond acceptors (Lipinski definition) is 3. The summed E-state index contributed by atoms with van der Waals surface area (Å²) >= 11 is 0. The first-order valence-corrected chi connectivity index (χ1v) is 8.78. The molecule has 3 atom stereocenters. The molecule has 3 unspecified atom stereocenters. The Morgan fingerprint density at radius 1 is 1.17 bits per heavy atom. The van der Waals surface area contributed by atoms with Crippen LogP contribution in [0.4, 0.5) is 0 Å². The van der Waals surface area contributed by atoms with E-state index in [2.05, 4.69) is 0 Å². The lowest BCUT2D eigenvalue weighted by atomic mass is 10.2. The molecule has 1 aliphatic rings. The number of carbonyl (C=O) groups is 3. The third-order valence-electron chi connectivity index (χ3n) is 1.43. The van der Waals surface area contributed by atoms with Gasteiger partial charge in [0, 0.05) is 6.42 Å². The highest BCUT2D eigenvalue weighted by Gasteiger charge is 2.22. The van der Waals surface area contributed by atoms with Crippen LogP contribution < -0.4 is 0 Å². The molecule has 1 aliphatic heterocycles. The highest BCUT2D eigenvalue weighted by atomic mass is 32.4. The summed E-state index contributed by atoms with van der Waals surface area (Å²) in [6.07, 6.45) is 2.04. The van der Waals surface area contributed by atoms with Gasteiger partial charge < -0.3 is 0 Å². The summed E-state index contributed by atoms with van der Waals surface area (Å²) in [6, 6.07) is 0. The molecule has 3 nitrogen and oxygen atoms in total. The lowest BCUT2D eigenvalue weighted by Crippen LogP contribution is -2.19. The van der Waals surface area contributed by atoms with Crippen LogP contribution in [0.5, 0.6) is 0 Å². The van der Waals surface area contributed by atoms with Gasteiger partial charge in [-0.3, -0.25) is 14.4 Å². The second kappa shape index (κ2) is 5.12. The van der Waals surface area contributed by atoms with E-state index in [4.69, 9.17) is 0 Å². The SMILES string of the molecule is O=C1CCCPPPC(=O)C1=O. The average Bonchev–Trinajstić information content (AvgIpc) is 2.12. The lowest BCUT2D eigenvalue weighted by molar-refractivity contribution is -0.141. The van der Waals surface area contributed by atoms with Crippen molar-refractivity contribution in [2.45, 2.75) is 12.8 Å². The zero-order chi connectivity index (χ0) is 8.97. The zero-order valence-corrected chi connectivity index (χ0v) is 9.35. The van der Waals surface area contributed by atoms with E-state index in [1.165, 1.54) is 0 Å². The Morgan fingerprint density at radius 3 is 2.67 bits per heavy atom. The van der Waals surface area contributed by atoms with Crippen LogP contribution in [0, 0.1) is 0 Å². The third kappa shape index (κ3) is 2.98. The summed E-state index contributed by atoms with van der Waals surface area (Å²) in [6.45, 7) is 0. The Hall–Kier alpha value is 0.300. The van der Waals surface area contributed by atoms with Gasteiger partial charge in [-0.05, 0) is 20.9 Å². The minimum Gasteiger partial charge on any atom is -0.290 e. The Balaban J connectivity index is 2.62. The van der Waals surface area contributed by atoms with Gasteiger partial charge in [-0.25, -0.2) is 0 Å². The van der Waals surface area contributed by atoms with Gasteiger partial charge in [-0.1, -0.05) is 16.2 Å². The molecule has 0 aromatic carbocycles. The molecule has 1 rings (SSSR count). The van der Waals surface area contributed by atoms with E-state index < -0.39 is 17.1 Å². The minimum atomic E-state index is -0.757. The van der Waals surface area contributed by atoms with Crippen molar-refractivity contribution in [3.63, 3.8) is 0 Å². The first-order valence-electron chi connectivity index (χ1n) is 3.57. The van der Waals surface area contributed by atoms with Crippen molar-refractivity contribution in [3.05, 3.63) is 0 Å². The average molecular weight is 222 g/mol. The quantitative estimate of drug-likeness (QED) is 0.458. The molecule has 0 N–H and O–H groups in total. The smallest absolute Gasteiger partial charge is 0.268 e. The van der Waals surface area contributed by atoms with Crippen molar-refractivity contribution in [1.82, 2.24) is 0 Å². The molecule has 1 heterocycles. The number of Topliss-reactive ketones (excluding diaryl/α,β-unsaturated/α-hetero) is 2. The molecular formula is C6H9O3P3. The van der Waals surface area contributed by atoms with E-state index in [1.807, 2.05) is 0 Å². The number of ketones is 2. The molecule has 0 bridgehead atoms. The van der Waals surface area contributed by atoms with Crippen molar-refractivity contribution in [1.29, 1.82) is 0 Å². The van der Waals surface area contributed by atoms with Crippen LogP contribution >= 0.6 is 24.5 Å². The van der Waals surface area contributed by atoms with E-state index in [1.54, 1.807) is 0 Å². The Morgan fingerprint density at radius 2 is 1.92 bits per heavy atom. The van der Waals surface area contributed by atoms with E-state index in [0.29, 0.717) is 7.96 Å². The minimum absolute atomic E-state index is 0.0568. The van der Waals surface area contributed by atoms with Crippen LogP contribution in [0.25, 0.3) is 0 Å². The van der Waals surface area contributed by atoms with Gasteiger partial charge in [-0.15, -0.1) is 0 Å². The fourth-order valence-corrected chi connectivity index (χ4v) is 6.53. The summed E-state index contributed by atoms with van der Waals surface area (Å²) < 4.78 is 0. The van der Waals surface area contributed by atoms with Crippen LogP contribution in [-0.4, -0.2) is 23.3 Å². The highest BCUT2D eigenvalue weighted by Crippen LogP contribution is 2.53. The predicted molar refractivity (Wildman–Crippen MR) is 54.1 cm³/mol. The zero-order valence-electron chi connectivity index (χ0n) is 6.35. The van der Waals surface area contributed by atoms with Gasteiger partial charge in [0.2, 0.25) is 11.3 Å². The fraction of sp³-hybridized carbons (Fsp3) is 0.500. The molecule has 1 saturated heterocycles.